The fraction of sp³-hybridized carbons (Fsp3) is 1.00. The van der Waals surface area contributed by atoms with Crippen molar-refractivity contribution in [3.8, 4) is 0 Å². The number of hydrogen-bond acceptors (Lipinski definition) is 2. The minimum atomic E-state index is -4.06. The summed E-state index contributed by atoms with van der Waals surface area (Å²) >= 11 is 0. The lowest BCUT2D eigenvalue weighted by Crippen LogP contribution is -2.62. The molecule has 2 N–H and O–H groups in total. The molecule has 16 heavy (non-hydrogen) atoms. The van der Waals surface area contributed by atoms with E-state index < -0.39 is 11.7 Å². The predicted molar refractivity (Wildman–Crippen MR) is 54.0 cm³/mol. The van der Waals surface area contributed by atoms with Crippen molar-refractivity contribution in [1.29, 1.82) is 0 Å². The lowest BCUT2D eigenvalue weighted by Gasteiger charge is -2.54. The summed E-state index contributed by atoms with van der Waals surface area (Å²) in [4.78, 5) is 0. The molecule has 2 nitrogen and oxygen atoms in total. The van der Waals surface area contributed by atoms with Gasteiger partial charge in [-0.2, -0.15) is 13.2 Å². The fourth-order valence-corrected chi connectivity index (χ4v) is 3.10. The molecular formula is C11H17F3N2. The Bertz CT molecular complexity index is 284. The first-order valence-electron chi connectivity index (χ1n) is 5.97. The molecule has 1 heterocycles. The van der Waals surface area contributed by atoms with Crippen LogP contribution in [0.2, 0.25) is 0 Å². The molecular weight excluding hydrogens is 217 g/mol. The maximum atomic E-state index is 12.6. The zero-order valence-corrected chi connectivity index (χ0v) is 9.16. The monoisotopic (exact) mass is 234 g/mol. The highest BCUT2D eigenvalue weighted by atomic mass is 19.4. The molecule has 0 radical (unpaired) electrons. The fourth-order valence-electron chi connectivity index (χ4n) is 3.10. The van der Waals surface area contributed by atoms with Gasteiger partial charge in [0.1, 0.15) is 5.54 Å². The molecule has 5 heteroatoms. The summed E-state index contributed by atoms with van der Waals surface area (Å²) in [5.74, 6) is 0.460. The minimum absolute atomic E-state index is 0.260. The Kier molecular flexibility index (Phi) is 2.12. The molecule has 3 rings (SSSR count). The van der Waals surface area contributed by atoms with Gasteiger partial charge in [-0.25, -0.2) is 0 Å². The summed E-state index contributed by atoms with van der Waals surface area (Å²) in [5.41, 5.74) is -1.06. The van der Waals surface area contributed by atoms with Gasteiger partial charge in [0, 0.05) is 13.1 Å². The molecule has 1 aliphatic heterocycles. The third kappa shape index (κ3) is 1.56. The standard InChI is InChI=1S/C11H17F3N2/c12-11(13,14)10(1-2-10)16-5-8-3-9(4-8)6-15-7-9/h8,15-16H,1-7H2. The molecule has 2 saturated carbocycles. The van der Waals surface area contributed by atoms with Crippen LogP contribution >= 0.6 is 0 Å². The van der Waals surface area contributed by atoms with Gasteiger partial charge in [0.25, 0.3) is 0 Å². The van der Waals surface area contributed by atoms with Crippen LogP contribution in [0, 0.1) is 11.3 Å². The molecule has 0 bridgehead atoms. The molecule has 0 unspecified atom stereocenters. The van der Waals surface area contributed by atoms with E-state index in [1.54, 1.807) is 0 Å². The molecule has 0 atom stereocenters. The lowest BCUT2D eigenvalue weighted by atomic mass is 9.58. The van der Waals surface area contributed by atoms with Crippen LogP contribution in [0.1, 0.15) is 25.7 Å². The zero-order chi connectivity index (χ0) is 11.4. The maximum absolute atomic E-state index is 12.6. The number of rotatable bonds is 3. The van der Waals surface area contributed by atoms with Gasteiger partial charge < -0.3 is 10.6 Å². The molecule has 92 valence electrons. The van der Waals surface area contributed by atoms with E-state index in [1.165, 1.54) is 0 Å². The summed E-state index contributed by atoms with van der Waals surface area (Å²) < 4.78 is 37.9. The molecule has 0 amide bonds. The van der Waals surface area contributed by atoms with Crippen LogP contribution in [0.15, 0.2) is 0 Å². The van der Waals surface area contributed by atoms with E-state index in [1.807, 2.05) is 0 Å². The van der Waals surface area contributed by atoms with E-state index in [0.29, 0.717) is 17.9 Å². The average molecular weight is 234 g/mol. The van der Waals surface area contributed by atoms with Gasteiger partial charge in [-0.05, 0) is 43.6 Å². The first kappa shape index (κ1) is 10.8. The number of halogens is 3. The Balaban J connectivity index is 1.45. The highest BCUT2D eigenvalue weighted by Gasteiger charge is 2.63. The van der Waals surface area contributed by atoms with Gasteiger partial charge in [-0.15, -0.1) is 0 Å². The Hall–Kier alpha value is -0.290. The van der Waals surface area contributed by atoms with Crippen molar-refractivity contribution < 1.29 is 13.2 Å². The average Bonchev–Trinajstić information content (AvgIpc) is 2.77. The van der Waals surface area contributed by atoms with Gasteiger partial charge in [0.2, 0.25) is 0 Å². The Labute approximate surface area is 93.0 Å². The predicted octanol–water partition coefficient (Wildman–Crippen LogP) is 1.67. The first-order valence-corrected chi connectivity index (χ1v) is 5.97. The van der Waals surface area contributed by atoms with Crippen molar-refractivity contribution in [2.24, 2.45) is 11.3 Å². The molecule has 0 aromatic heterocycles. The lowest BCUT2D eigenvalue weighted by molar-refractivity contribution is -0.167. The summed E-state index contributed by atoms with van der Waals surface area (Å²) in [5, 5.41) is 5.99. The smallest absolute Gasteiger partial charge is 0.316 e. The van der Waals surface area contributed by atoms with Crippen molar-refractivity contribution in [3.63, 3.8) is 0 Å². The highest BCUT2D eigenvalue weighted by molar-refractivity contribution is 5.09. The molecule has 1 saturated heterocycles. The summed E-state index contributed by atoms with van der Waals surface area (Å²) in [6.45, 7) is 2.67. The van der Waals surface area contributed by atoms with Crippen LogP contribution in [-0.4, -0.2) is 31.3 Å². The third-order valence-electron chi connectivity index (χ3n) is 4.47. The Morgan fingerprint density at radius 3 is 2.19 bits per heavy atom. The van der Waals surface area contributed by atoms with Gasteiger partial charge in [-0.3, -0.25) is 0 Å². The van der Waals surface area contributed by atoms with E-state index in [0.717, 1.165) is 25.9 Å². The Morgan fingerprint density at radius 1 is 1.19 bits per heavy atom. The van der Waals surface area contributed by atoms with Crippen LogP contribution in [0.3, 0.4) is 0 Å². The zero-order valence-electron chi connectivity index (χ0n) is 9.16. The summed E-state index contributed by atoms with van der Waals surface area (Å²) in [6, 6.07) is 0. The molecule has 1 spiro atoms. The van der Waals surface area contributed by atoms with Gasteiger partial charge in [0.05, 0.1) is 0 Å². The van der Waals surface area contributed by atoms with Crippen LogP contribution in [0.25, 0.3) is 0 Å². The minimum Gasteiger partial charge on any atom is -0.316 e. The van der Waals surface area contributed by atoms with Crippen molar-refractivity contribution >= 4 is 0 Å². The quantitative estimate of drug-likeness (QED) is 0.776. The second-order valence-electron chi connectivity index (χ2n) is 5.84. The summed E-state index contributed by atoms with van der Waals surface area (Å²) in [7, 11) is 0. The van der Waals surface area contributed by atoms with Gasteiger partial charge >= 0.3 is 6.18 Å². The van der Waals surface area contributed by atoms with Crippen LogP contribution < -0.4 is 10.6 Å². The van der Waals surface area contributed by atoms with Crippen LogP contribution in [0.5, 0.6) is 0 Å². The molecule has 3 aliphatic rings. The number of nitrogens with one attached hydrogen (secondary N) is 2. The summed E-state index contributed by atoms with van der Waals surface area (Å²) in [6.07, 6.45) is -1.35. The van der Waals surface area contributed by atoms with Crippen molar-refractivity contribution in [2.45, 2.75) is 37.4 Å². The third-order valence-corrected chi connectivity index (χ3v) is 4.47. The van der Waals surface area contributed by atoms with E-state index in [4.69, 9.17) is 0 Å². The van der Waals surface area contributed by atoms with Crippen LogP contribution in [-0.2, 0) is 0 Å². The largest absolute Gasteiger partial charge is 0.406 e. The van der Waals surface area contributed by atoms with Crippen molar-refractivity contribution in [3.05, 3.63) is 0 Å². The van der Waals surface area contributed by atoms with E-state index in [-0.39, 0.29) is 12.8 Å². The maximum Gasteiger partial charge on any atom is 0.406 e. The van der Waals surface area contributed by atoms with Crippen molar-refractivity contribution in [2.75, 3.05) is 19.6 Å². The molecule has 0 aromatic rings. The first-order chi connectivity index (χ1) is 7.45. The molecule has 0 aromatic carbocycles. The van der Waals surface area contributed by atoms with E-state index in [9.17, 15) is 13.2 Å². The SMILES string of the molecule is FC(F)(F)C1(NCC2CC3(CNC3)C2)CC1. The normalized spacial score (nSPS) is 30.9. The number of alkyl halides is 3. The topological polar surface area (TPSA) is 24.1 Å². The Morgan fingerprint density at radius 2 is 1.81 bits per heavy atom. The molecule has 2 aliphatic carbocycles. The van der Waals surface area contributed by atoms with E-state index in [2.05, 4.69) is 10.6 Å². The number of hydrogen-bond donors (Lipinski definition) is 2. The molecule has 3 fully saturated rings. The second kappa shape index (κ2) is 3.13. The van der Waals surface area contributed by atoms with Gasteiger partial charge in [-0.1, -0.05) is 0 Å². The van der Waals surface area contributed by atoms with Crippen LogP contribution in [0.4, 0.5) is 13.2 Å². The second-order valence-corrected chi connectivity index (χ2v) is 5.84. The van der Waals surface area contributed by atoms with Crippen molar-refractivity contribution in [1.82, 2.24) is 10.6 Å². The van der Waals surface area contributed by atoms with E-state index >= 15 is 0 Å². The highest BCUT2D eigenvalue weighted by Crippen LogP contribution is 2.51. The van der Waals surface area contributed by atoms with Gasteiger partial charge in [0.15, 0.2) is 0 Å².